The van der Waals surface area contributed by atoms with E-state index in [0.717, 1.165) is 4.88 Å². The third-order valence-corrected chi connectivity index (χ3v) is 3.76. The van der Waals surface area contributed by atoms with Crippen molar-refractivity contribution in [2.45, 2.75) is 13.8 Å². The van der Waals surface area contributed by atoms with Gasteiger partial charge in [-0.3, -0.25) is 4.79 Å². The zero-order valence-electron chi connectivity index (χ0n) is 10.9. The summed E-state index contributed by atoms with van der Waals surface area (Å²) in [6.07, 6.45) is 1.58. The summed E-state index contributed by atoms with van der Waals surface area (Å²) in [7, 11) is 0. The van der Waals surface area contributed by atoms with Crippen molar-refractivity contribution in [2.24, 2.45) is 0 Å². The molecule has 2 aromatic rings. The highest BCUT2D eigenvalue weighted by Gasteiger charge is 2.21. The highest BCUT2D eigenvalue weighted by molar-refractivity contribution is 7.15. The van der Waals surface area contributed by atoms with E-state index in [1.807, 2.05) is 19.9 Å². The smallest absolute Gasteiger partial charge is 0.273 e. The minimum absolute atomic E-state index is 0.0478. The van der Waals surface area contributed by atoms with Crippen molar-refractivity contribution in [1.82, 2.24) is 9.88 Å². The van der Waals surface area contributed by atoms with E-state index < -0.39 is 0 Å². The van der Waals surface area contributed by atoms with Gasteiger partial charge in [0.1, 0.15) is 5.69 Å². The van der Waals surface area contributed by atoms with Gasteiger partial charge < -0.3 is 14.4 Å². The van der Waals surface area contributed by atoms with Crippen LogP contribution in [0.1, 0.15) is 22.3 Å². The lowest BCUT2D eigenvalue weighted by molar-refractivity contribution is 0.0726. The Morgan fingerprint density at radius 2 is 2.37 bits per heavy atom. The van der Waals surface area contributed by atoms with Gasteiger partial charge in [0.15, 0.2) is 10.8 Å². The van der Waals surface area contributed by atoms with Crippen LogP contribution in [0.2, 0.25) is 0 Å². The first-order chi connectivity index (χ1) is 9.17. The first-order valence-corrected chi connectivity index (χ1v) is 6.90. The van der Waals surface area contributed by atoms with Gasteiger partial charge in [-0.2, -0.15) is 0 Å². The van der Waals surface area contributed by atoms with Crippen LogP contribution in [0, 0.1) is 6.92 Å². The molecule has 1 N–H and O–H groups in total. The summed E-state index contributed by atoms with van der Waals surface area (Å²) in [5.41, 5.74) is 0.437. The molecular formula is C13H16N2O3S. The van der Waals surface area contributed by atoms with Crippen molar-refractivity contribution in [1.29, 1.82) is 0 Å². The molecule has 0 aromatic carbocycles. The molecule has 0 spiro atoms. The normalized spacial score (nSPS) is 10.7. The molecule has 0 fully saturated rings. The number of aliphatic hydroxyl groups excluding tert-OH is 1. The lowest BCUT2D eigenvalue weighted by Crippen LogP contribution is -2.33. The molecule has 5 nitrogen and oxygen atoms in total. The predicted octanol–water partition coefficient (Wildman–Crippen LogP) is 2.17. The quantitative estimate of drug-likeness (QED) is 0.911. The Morgan fingerprint density at radius 3 is 2.95 bits per heavy atom. The maximum atomic E-state index is 12.3. The van der Waals surface area contributed by atoms with Gasteiger partial charge in [-0.25, -0.2) is 4.98 Å². The molecule has 102 valence electrons. The maximum absolute atomic E-state index is 12.3. The van der Waals surface area contributed by atoms with E-state index in [1.165, 1.54) is 11.3 Å². The van der Waals surface area contributed by atoms with E-state index in [-0.39, 0.29) is 12.5 Å². The van der Waals surface area contributed by atoms with E-state index in [9.17, 15) is 4.79 Å². The second-order valence-corrected chi connectivity index (χ2v) is 5.21. The van der Waals surface area contributed by atoms with Crippen molar-refractivity contribution in [3.63, 3.8) is 0 Å². The second kappa shape index (κ2) is 5.99. The summed E-state index contributed by atoms with van der Waals surface area (Å²) in [6, 6.07) is 3.61. The largest absolute Gasteiger partial charge is 0.462 e. The van der Waals surface area contributed by atoms with E-state index in [0.29, 0.717) is 29.6 Å². The highest BCUT2D eigenvalue weighted by Crippen LogP contribution is 2.28. The summed E-state index contributed by atoms with van der Waals surface area (Å²) in [5, 5.41) is 9.66. The van der Waals surface area contributed by atoms with Gasteiger partial charge in [0.05, 0.1) is 12.9 Å². The molecule has 0 aliphatic rings. The molecule has 2 heterocycles. The van der Waals surface area contributed by atoms with Crippen LogP contribution in [-0.2, 0) is 0 Å². The fraction of sp³-hybridized carbons (Fsp3) is 0.385. The number of aliphatic hydroxyl groups is 1. The van der Waals surface area contributed by atoms with Crippen molar-refractivity contribution >= 4 is 17.2 Å². The van der Waals surface area contributed by atoms with Crippen LogP contribution in [0.15, 0.2) is 22.8 Å². The van der Waals surface area contributed by atoms with Crippen LogP contribution in [0.4, 0.5) is 0 Å². The number of aryl methyl sites for hydroxylation is 1. The Balaban J connectivity index is 2.28. The van der Waals surface area contributed by atoms with Gasteiger partial charge in [0.25, 0.3) is 5.91 Å². The van der Waals surface area contributed by atoms with Gasteiger partial charge in [0.2, 0.25) is 0 Å². The van der Waals surface area contributed by atoms with E-state index in [1.54, 1.807) is 17.2 Å². The summed E-state index contributed by atoms with van der Waals surface area (Å²) in [4.78, 5) is 19.1. The van der Waals surface area contributed by atoms with Gasteiger partial charge in [-0.15, -0.1) is 11.3 Å². The molecule has 0 unspecified atom stereocenters. The summed E-state index contributed by atoms with van der Waals surface area (Å²) >= 11 is 1.43. The third-order valence-electron chi connectivity index (χ3n) is 2.77. The number of rotatable bonds is 5. The number of thiazole rings is 1. The number of nitrogens with zero attached hydrogens (tertiary/aromatic N) is 2. The predicted molar refractivity (Wildman–Crippen MR) is 73.2 cm³/mol. The summed E-state index contributed by atoms with van der Waals surface area (Å²) < 4.78 is 5.28. The first-order valence-electron chi connectivity index (χ1n) is 6.08. The molecule has 0 aliphatic carbocycles. The standard InChI is InChI=1S/C13H16N2O3S/c1-3-15(6-7-16)13(17)11-9(2)19-12(14-11)10-5-4-8-18-10/h4-5,8,16H,3,6-7H2,1-2H3. The molecule has 2 aromatic heterocycles. The van der Waals surface area contributed by atoms with Crippen LogP contribution in [-0.4, -0.2) is 40.6 Å². The summed E-state index contributed by atoms with van der Waals surface area (Å²) in [6.45, 7) is 4.56. The van der Waals surface area contributed by atoms with E-state index in [2.05, 4.69) is 4.98 Å². The Labute approximate surface area is 115 Å². The molecule has 6 heteroatoms. The number of carbonyl (C=O) groups excluding carboxylic acids is 1. The Morgan fingerprint density at radius 1 is 1.58 bits per heavy atom. The average molecular weight is 280 g/mol. The van der Waals surface area contributed by atoms with Crippen molar-refractivity contribution in [3.8, 4) is 10.8 Å². The first kappa shape index (κ1) is 13.8. The minimum Gasteiger partial charge on any atom is -0.462 e. The number of furan rings is 1. The molecular weight excluding hydrogens is 264 g/mol. The maximum Gasteiger partial charge on any atom is 0.273 e. The van der Waals surface area contributed by atoms with Gasteiger partial charge in [0, 0.05) is 18.0 Å². The molecule has 0 radical (unpaired) electrons. The fourth-order valence-electron chi connectivity index (χ4n) is 1.77. The molecule has 0 saturated carbocycles. The second-order valence-electron chi connectivity index (χ2n) is 4.01. The van der Waals surface area contributed by atoms with Crippen molar-refractivity contribution in [3.05, 3.63) is 29.0 Å². The van der Waals surface area contributed by atoms with Crippen LogP contribution in [0.3, 0.4) is 0 Å². The third kappa shape index (κ3) is 2.85. The van der Waals surface area contributed by atoms with Crippen LogP contribution in [0.5, 0.6) is 0 Å². The average Bonchev–Trinajstić information content (AvgIpc) is 3.04. The topological polar surface area (TPSA) is 66.6 Å². The molecule has 0 aliphatic heterocycles. The Bertz CT molecular complexity index is 548. The highest BCUT2D eigenvalue weighted by atomic mass is 32.1. The van der Waals surface area contributed by atoms with E-state index in [4.69, 9.17) is 9.52 Å². The number of hydrogen-bond donors (Lipinski definition) is 1. The lowest BCUT2D eigenvalue weighted by Gasteiger charge is -2.18. The number of amides is 1. The Hall–Kier alpha value is -1.66. The van der Waals surface area contributed by atoms with Gasteiger partial charge in [-0.05, 0) is 26.0 Å². The lowest BCUT2D eigenvalue weighted by atomic mass is 10.3. The van der Waals surface area contributed by atoms with E-state index >= 15 is 0 Å². The van der Waals surface area contributed by atoms with Gasteiger partial charge >= 0.3 is 0 Å². The van der Waals surface area contributed by atoms with Crippen LogP contribution >= 0.6 is 11.3 Å². The number of aromatic nitrogens is 1. The SMILES string of the molecule is CCN(CCO)C(=O)c1nc(-c2ccco2)sc1C. The monoisotopic (exact) mass is 280 g/mol. The molecule has 19 heavy (non-hydrogen) atoms. The molecule has 0 saturated heterocycles. The number of hydrogen-bond acceptors (Lipinski definition) is 5. The fourth-order valence-corrected chi connectivity index (χ4v) is 2.65. The summed E-state index contributed by atoms with van der Waals surface area (Å²) in [5.74, 6) is 0.514. The Kier molecular flexibility index (Phi) is 4.34. The molecule has 0 atom stereocenters. The van der Waals surface area contributed by atoms with Crippen molar-refractivity contribution in [2.75, 3.05) is 19.7 Å². The number of likely N-dealkylation sites (N-methyl/N-ethyl adjacent to an activating group) is 1. The minimum atomic E-state index is -0.150. The molecule has 1 amide bonds. The van der Waals surface area contributed by atoms with Crippen LogP contribution < -0.4 is 0 Å². The van der Waals surface area contributed by atoms with Gasteiger partial charge in [-0.1, -0.05) is 0 Å². The zero-order chi connectivity index (χ0) is 13.8. The number of carbonyl (C=O) groups is 1. The molecule has 0 bridgehead atoms. The van der Waals surface area contributed by atoms with Crippen molar-refractivity contribution < 1.29 is 14.3 Å². The zero-order valence-corrected chi connectivity index (χ0v) is 11.7. The molecule has 2 rings (SSSR count). The van der Waals surface area contributed by atoms with Crippen LogP contribution in [0.25, 0.3) is 10.8 Å².